The number of halogens is 1. The third-order valence-corrected chi connectivity index (χ3v) is 3.55. The lowest BCUT2D eigenvalue weighted by atomic mass is 10.1. The van der Waals surface area contributed by atoms with Gasteiger partial charge in [0.2, 0.25) is 5.95 Å². The molecular formula is C17H11FN4. The first-order chi connectivity index (χ1) is 10.8. The first-order valence-electron chi connectivity index (χ1n) is 6.81. The molecule has 0 bridgehead atoms. The zero-order valence-corrected chi connectivity index (χ0v) is 11.5. The van der Waals surface area contributed by atoms with Gasteiger partial charge in [-0.2, -0.15) is 4.39 Å². The van der Waals surface area contributed by atoms with Crippen molar-refractivity contribution in [1.82, 2.24) is 19.5 Å². The number of fused-ring (bicyclic) bond motifs is 1. The second-order valence-electron chi connectivity index (χ2n) is 4.89. The third kappa shape index (κ3) is 2.13. The van der Waals surface area contributed by atoms with Gasteiger partial charge in [-0.25, -0.2) is 9.97 Å². The molecule has 0 N–H and O–H groups in total. The molecule has 0 aliphatic carbocycles. The van der Waals surface area contributed by atoms with E-state index in [-0.39, 0.29) is 0 Å². The van der Waals surface area contributed by atoms with Gasteiger partial charge >= 0.3 is 0 Å². The highest BCUT2D eigenvalue weighted by molar-refractivity contribution is 5.80. The second-order valence-corrected chi connectivity index (χ2v) is 4.89. The summed E-state index contributed by atoms with van der Waals surface area (Å²) in [5.41, 5.74) is 2.60. The van der Waals surface area contributed by atoms with Crippen LogP contribution in [0.25, 0.3) is 27.8 Å². The Hall–Kier alpha value is -3.08. The van der Waals surface area contributed by atoms with E-state index in [0.29, 0.717) is 0 Å². The van der Waals surface area contributed by atoms with Gasteiger partial charge in [-0.1, -0.05) is 0 Å². The van der Waals surface area contributed by atoms with Crippen LogP contribution >= 0.6 is 0 Å². The SMILES string of the molecule is [18F]c1cc(-c2ccc(-n3ccc4ccncc43)nc2)ccn1. The van der Waals surface area contributed by atoms with Gasteiger partial charge in [0, 0.05) is 41.8 Å². The van der Waals surface area contributed by atoms with Crippen LogP contribution in [0.2, 0.25) is 0 Å². The Morgan fingerprint density at radius 2 is 1.82 bits per heavy atom. The Kier molecular flexibility index (Phi) is 2.89. The summed E-state index contributed by atoms with van der Waals surface area (Å²) in [5.74, 6) is 0.297. The molecular weight excluding hydrogens is 278 g/mol. The van der Waals surface area contributed by atoms with Crippen LogP contribution < -0.4 is 0 Å². The average molecular weight is 289 g/mol. The molecule has 4 aromatic heterocycles. The molecule has 22 heavy (non-hydrogen) atoms. The van der Waals surface area contributed by atoms with E-state index in [1.165, 1.54) is 12.3 Å². The fourth-order valence-electron chi connectivity index (χ4n) is 2.46. The van der Waals surface area contributed by atoms with Gasteiger partial charge in [-0.3, -0.25) is 9.55 Å². The van der Waals surface area contributed by atoms with Crippen LogP contribution in [0.5, 0.6) is 0 Å². The third-order valence-electron chi connectivity index (χ3n) is 3.55. The van der Waals surface area contributed by atoms with E-state index in [2.05, 4.69) is 15.0 Å². The number of hydrogen-bond donors (Lipinski definition) is 0. The van der Waals surface area contributed by atoms with Gasteiger partial charge < -0.3 is 0 Å². The van der Waals surface area contributed by atoms with E-state index in [0.717, 1.165) is 27.8 Å². The summed E-state index contributed by atoms with van der Waals surface area (Å²) in [5, 5.41) is 1.11. The minimum Gasteiger partial charge on any atom is -0.300 e. The minimum atomic E-state index is -0.496. The van der Waals surface area contributed by atoms with E-state index in [4.69, 9.17) is 0 Å². The molecule has 4 heterocycles. The molecule has 0 aliphatic heterocycles. The van der Waals surface area contributed by atoms with Crippen LogP contribution in [0.4, 0.5) is 4.39 Å². The topological polar surface area (TPSA) is 43.6 Å². The number of nitrogens with zero attached hydrogens (tertiary/aromatic N) is 4. The van der Waals surface area contributed by atoms with Crippen LogP contribution in [0.15, 0.2) is 67.4 Å². The van der Waals surface area contributed by atoms with Crippen molar-refractivity contribution in [2.45, 2.75) is 0 Å². The average Bonchev–Trinajstić information content (AvgIpc) is 2.99. The highest BCUT2D eigenvalue weighted by atomic mass is 18.2. The molecule has 0 saturated carbocycles. The Morgan fingerprint density at radius 1 is 0.864 bits per heavy atom. The van der Waals surface area contributed by atoms with Crippen molar-refractivity contribution >= 4 is 10.9 Å². The molecule has 0 radical (unpaired) electrons. The number of hydrogen-bond acceptors (Lipinski definition) is 3. The van der Waals surface area contributed by atoms with Crippen LogP contribution in [0.3, 0.4) is 0 Å². The van der Waals surface area contributed by atoms with Crippen molar-refractivity contribution < 1.29 is 4.39 Å². The normalized spacial score (nSPS) is 11.0. The minimum absolute atomic E-state index is 0.496. The fraction of sp³-hybridized carbons (Fsp3) is 0. The summed E-state index contributed by atoms with van der Waals surface area (Å²) in [7, 11) is 0. The maximum Gasteiger partial charge on any atom is 0.213 e. The molecule has 0 unspecified atom stereocenters. The first-order valence-corrected chi connectivity index (χ1v) is 6.81. The zero-order chi connectivity index (χ0) is 14.9. The lowest BCUT2D eigenvalue weighted by Crippen LogP contribution is -1.96. The quantitative estimate of drug-likeness (QED) is 0.529. The second kappa shape index (κ2) is 5.04. The predicted octanol–water partition coefficient (Wildman–Crippen LogP) is 3.62. The van der Waals surface area contributed by atoms with Gasteiger partial charge in [0.05, 0.1) is 11.7 Å². The standard InChI is InChI=1S/C17H11FN4/c18-16-9-13(4-7-20-16)14-1-2-17(21-10-14)22-8-5-12-3-6-19-11-15(12)22/h1-11H/i18-1. The van der Waals surface area contributed by atoms with Crippen LogP contribution in [0, 0.1) is 5.95 Å². The maximum absolute atomic E-state index is 13.2. The smallest absolute Gasteiger partial charge is 0.213 e. The van der Waals surface area contributed by atoms with Gasteiger partial charge in [-0.15, -0.1) is 0 Å². The number of pyridine rings is 3. The molecule has 4 nitrogen and oxygen atoms in total. The fourth-order valence-corrected chi connectivity index (χ4v) is 2.46. The van der Waals surface area contributed by atoms with Gasteiger partial charge in [0.15, 0.2) is 0 Å². The zero-order valence-electron chi connectivity index (χ0n) is 11.5. The summed E-state index contributed by atoms with van der Waals surface area (Å²) in [4.78, 5) is 12.2. The van der Waals surface area contributed by atoms with Crippen LogP contribution in [-0.2, 0) is 0 Å². The summed E-state index contributed by atoms with van der Waals surface area (Å²) < 4.78 is 15.2. The van der Waals surface area contributed by atoms with Crippen molar-refractivity contribution in [3.8, 4) is 16.9 Å². The van der Waals surface area contributed by atoms with Crippen molar-refractivity contribution in [2.75, 3.05) is 0 Å². The van der Waals surface area contributed by atoms with Crippen molar-refractivity contribution in [3.63, 3.8) is 0 Å². The van der Waals surface area contributed by atoms with E-state index < -0.39 is 5.95 Å². The van der Waals surface area contributed by atoms with E-state index >= 15 is 0 Å². The van der Waals surface area contributed by atoms with E-state index in [1.807, 2.05) is 41.2 Å². The molecule has 0 aliphatic rings. The molecule has 0 fully saturated rings. The Bertz CT molecular complexity index is 944. The lowest BCUT2D eigenvalue weighted by Gasteiger charge is -2.06. The van der Waals surface area contributed by atoms with Crippen molar-refractivity contribution in [2.24, 2.45) is 0 Å². The predicted molar refractivity (Wildman–Crippen MR) is 82.1 cm³/mol. The summed E-state index contributed by atoms with van der Waals surface area (Å²) in [6.07, 6.45) is 8.71. The molecule has 106 valence electrons. The highest BCUT2D eigenvalue weighted by Gasteiger charge is 2.05. The largest absolute Gasteiger partial charge is 0.300 e. The monoisotopic (exact) mass is 289 g/mol. The Balaban J connectivity index is 1.76. The van der Waals surface area contributed by atoms with Crippen LogP contribution in [0.1, 0.15) is 0 Å². The van der Waals surface area contributed by atoms with Crippen LogP contribution in [-0.4, -0.2) is 19.5 Å². The first kappa shape index (κ1) is 12.6. The molecule has 4 rings (SSSR count). The van der Waals surface area contributed by atoms with Gasteiger partial charge in [0.25, 0.3) is 0 Å². The van der Waals surface area contributed by atoms with Gasteiger partial charge in [0.1, 0.15) is 5.82 Å². The highest BCUT2D eigenvalue weighted by Crippen LogP contribution is 2.22. The van der Waals surface area contributed by atoms with E-state index in [9.17, 15) is 4.39 Å². The molecule has 0 amide bonds. The van der Waals surface area contributed by atoms with Crippen molar-refractivity contribution in [1.29, 1.82) is 0 Å². The number of aromatic nitrogens is 4. The number of rotatable bonds is 2. The van der Waals surface area contributed by atoms with E-state index in [1.54, 1.807) is 18.5 Å². The van der Waals surface area contributed by atoms with Crippen molar-refractivity contribution in [3.05, 3.63) is 73.3 Å². The summed E-state index contributed by atoms with van der Waals surface area (Å²) >= 11 is 0. The Labute approximate surface area is 125 Å². The molecule has 0 saturated heterocycles. The summed E-state index contributed by atoms with van der Waals surface area (Å²) in [6, 6.07) is 10.9. The van der Waals surface area contributed by atoms with Gasteiger partial charge in [-0.05, 0) is 35.9 Å². The molecule has 0 atom stereocenters. The molecule has 0 aromatic carbocycles. The Morgan fingerprint density at radius 3 is 2.64 bits per heavy atom. The summed E-state index contributed by atoms with van der Waals surface area (Å²) in [6.45, 7) is 0. The maximum atomic E-state index is 13.2. The lowest BCUT2D eigenvalue weighted by molar-refractivity contribution is 0.584. The molecule has 4 aromatic rings. The molecule has 0 spiro atoms. The molecule has 5 heteroatoms.